The molecule has 0 aromatic heterocycles. The van der Waals surface area contributed by atoms with Crippen LogP contribution >= 0.6 is 0 Å². The molecule has 0 unspecified atom stereocenters. The molecule has 1 N–H and O–H groups in total. The maximum absolute atomic E-state index is 12.1. The lowest BCUT2D eigenvalue weighted by Gasteiger charge is -2.16. The van der Waals surface area contributed by atoms with Crippen molar-refractivity contribution in [3.63, 3.8) is 0 Å². The highest BCUT2D eigenvalue weighted by atomic mass is 16.1. The molecular weight excluding hydrogens is 238 g/mol. The SMILES string of the molecule is CC(C)CC(=O)Nc1ccc(C(=O)C(C)(C)C)cc1. The highest BCUT2D eigenvalue weighted by molar-refractivity contribution is 6.00. The fraction of sp³-hybridized carbons (Fsp3) is 0.500. The summed E-state index contributed by atoms with van der Waals surface area (Å²) in [7, 11) is 0. The van der Waals surface area contributed by atoms with E-state index in [0.29, 0.717) is 17.9 Å². The molecule has 0 saturated heterocycles. The van der Waals surface area contributed by atoms with Gasteiger partial charge in [0.25, 0.3) is 0 Å². The molecule has 0 aliphatic carbocycles. The van der Waals surface area contributed by atoms with E-state index in [9.17, 15) is 9.59 Å². The minimum atomic E-state index is -0.387. The first-order valence-electron chi connectivity index (χ1n) is 6.65. The Morgan fingerprint density at radius 3 is 2.05 bits per heavy atom. The third kappa shape index (κ3) is 4.86. The predicted octanol–water partition coefficient (Wildman–Crippen LogP) is 3.90. The summed E-state index contributed by atoms with van der Waals surface area (Å²) in [5, 5.41) is 2.83. The van der Waals surface area contributed by atoms with E-state index in [0.717, 1.165) is 5.69 Å². The van der Waals surface area contributed by atoms with Crippen molar-refractivity contribution < 1.29 is 9.59 Å². The van der Waals surface area contributed by atoms with E-state index in [1.54, 1.807) is 24.3 Å². The van der Waals surface area contributed by atoms with Gasteiger partial charge in [0, 0.05) is 23.1 Å². The lowest BCUT2D eigenvalue weighted by Crippen LogP contribution is -2.20. The molecule has 0 atom stereocenters. The fourth-order valence-corrected chi connectivity index (χ4v) is 1.72. The Bertz CT molecular complexity index is 453. The van der Waals surface area contributed by atoms with E-state index in [4.69, 9.17) is 0 Å². The number of Topliss-reactive ketones (excluding diaryl/α,β-unsaturated/α-hetero) is 1. The smallest absolute Gasteiger partial charge is 0.224 e. The summed E-state index contributed by atoms with van der Waals surface area (Å²) >= 11 is 0. The number of carbonyl (C=O) groups is 2. The summed E-state index contributed by atoms with van der Waals surface area (Å²) in [6.07, 6.45) is 0.503. The normalized spacial score (nSPS) is 11.5. The van der Waals surface area contributed by atoms with Crippen LogP contribution in [0, 0.1) is 11.3 Å². The summed E-state index contributed by atoms with van der Waals surface area (Å²) < 4.78 is 0. The third-order valence-electron chi connectivity index (χ3n) is 2.71. The number of ketones is 1. The number of hydrogen-bond donors (Lipinski definition) is 1. The largest absolute Gasteiger partial charge is 0.326 e. The van der Waals surface area contributed by atoms with Crippen LogP contribution in [0.15, 0.2) is 24.3 Å². The Morgan fingerprint density at radius 2 is 1.63 bits per heavy atom. The lowest BCUT2D eigenvalue weighted by molar-refractivity contribution is -0.116. The second-order valence-electron chi connectivity index (χ2n) is 6.30. The van der Waals surface area contributed by atoms with E-state index in [1.165, 1.54) is 0 Å². The van der Waals surface area contributed by atoms with Gasteiger partial charge in [-0.1, -0.05) is 34.6 Å². The zero-order chi connectivity index (χ0) is 14.6. The van der Waals surface area contributed by atoms with Gasteiger partial charge in [0.1, 0.15) is 0 Å². The zero-order valence-corrected chi connectivity index (χ0v) is 12.4. The van der Waals surface area contributed by atoms with Crippen LogP contribution < -0.4 is 5.32 Å². The minimum absolute atomic E-state index is 0.00454. The van der Waals surface area contributed by atoms with Crippen LogP contribution in [-0.4, -0.2) is 11.7 Å². The van der Waals surface area contributed by atoms with Crippen molar-refractivity contribution in [1.29, 1.82) is 0 Å². The van der Waals surface area contributed by atoms with Crippen molar-refractivity contribution in [3.8, 4) is 0 Å². The lowest BCUT2D eigenvalue weighted by atomic mass is 9.86. The van der Waals surface area contributed by atoms with Crippen LogP contribution in [-0.2, 0) is 4.79 Å². The summed E-state index contributed by atoms with van der Waals surface area (Å²) in [5.74, 6) is 0.444. The Morgan fingerprint density at radius 1 is 1.11 bits per heavy atom. The molecule has 1 amide bonds. The van der Waals surface area contributed by atoms with Crippen LogP contribution in [0.2, 0.25) is 0 Å². The monoisotopic (exact) mass is 261 g/mol. The molecule has 1 rings (SSSR count). The first kappa shape index (κ1) is 15.4. The summed E-state index contributed by atoms with van der Waals surface area (Å²) in [6, 6.07) is 7.07. The van der Waals surface area contributed by atoms with Gasteiger partial charge in [-0.15, -0.1) is 0 Å². The topological polar surface area (TPSA) is 46.2 Å². The van der Waals surface area contributed by atoms with Crippen molar-refractivity contribution in [2.24, 2.45) is 11.3 Å². The van der Waals surface area contributed by atoms with Crippen molar-refractivity contribution in [2.45, 2.75) is 41.0 Å². The number of carbonyl (C=O) groups excluding carboxylic acids is 2. The van der Waals surface area contributed by atoms with Crippen molar-refractivity contribution in [3.05, 3.63) is 29.8 Å². The molecule has 1 aromatic carbocycles. The summed E-state index contributed by atoms with van der Waals surface area (Å²) in [5.41, 5.74) is 1.02. The molecule has 0 radical (unpaired) electrons. The highest BCUT2D eigenvalue weighted by Gasteiger charge is 2.22. The third-order valence-corrected chi connectivity index (χ3v) is 2.71. The predicted molar refractivity (Wildman–Crippen MR) is 78.3 cm³/mol. The highest BCUT2D eigenvalue weighted by Crippen LogP contribution is 2.22. The number of rotatable bonds is 4. The van der Waals surface area contributed by atoms with Gasteiger partial charge in [0.2, 0.25) is 5.91 Å². The van der Waals surface area contributed by atoms with E-state index in [-0.39, 0.29) is 17.1 Å². The molecule has 0 aliphatic rings. The molecule has 0 fully saturated rings. The number of benzene rings is 1. The number of hydrogen-bond acceptors (Lipinski definition) is 2. The number of amides is 1. The molecule has 3 heteroatoms. The quantitative estimate of drug-likeness (QED) is 0.835. The zero-order valence-electron chi connectivity index (χ0n) is 12.4. The van der Waals surface area contributed by atoms with Crippen molar-refractivity contribution in [1.82, 2.24) is 0 Å². The number of nitrogens with one attached hydrogen (secondary N) is 1. The Balaban J connectivity index is 2.72. The summed E-state index contributed by atoms with van der Waals surface area (Å²) in [6.45, 7) is 9.70. The van der Waals surface area contributed by atoms with Gasteiger partial charge in [-0.2, -0.15) is 0 Å². The van der Waals surface area contributed by atoms with E-state index < -0.39 is 0 Å². The minimum Gasteiger partial charge on any atom is -0.326 e. The Labute approximate surface area is 115 Å². The molecule has 19 heavy (non-hydrogen) atoms. The number of anilines is 1. The molecule has 0 aliphatic heterocycles. The summed E-state index contributed by atoms with van der Waals surface area (Å²) in [4.78, 5) is 23.7. The van der Waals surface area contributed by atoms with Crippen molar-refractivity contribution in [2.75, 3.05) is 5.32 Å². The fourth-order valence-electron chi connectivity index (χ4n) is 1.72. The molecule has 0 heterocycles. The Kier molecular flexibility index (Phi) is 4.87. The standard InChI is InChI=1S/C16H23NO2/c1-11(2)10-14(18)17-13-8-6-12(7-9-13)15(19)16(3,4)5/h6-9,11H,10H2,1-5H3,(H,17,18). The second kappa shape index (κ2) is 6.00. The first-order chi connectivity index (χ1) is 8.70. The van der Waals surface area contributed by atoms with Gasteiger partial charge in [-0.05, 0) is 30.2 Å². The molecule has 1 aromatic rings. The van der Waals surface area contributed by atoms with Gasteiger partial charge in [-0.25, -0.2) is 0 Å². The van der Waals surface area contributed by atoms with Crippen LogP contribution in [0.4, 0.5) is 5.69 Å². The van der Waals surface area contributed by atoms with Crippen LogP contribution in [0.1, 0.15) is 51.4 Å². The average Bonchev–Trinajstić information content (AvgIpc) is 2.26. The first-order valence-corrected chi connectivity index (χ1v) is 6.65. The maximum Gasteiger partial charge on any atom is 0.224 e. The Hall–Kier alpha value is -1.64. The average molecular weight is 261 g/mol. The van der Waals surface area contributed by atoms with E-state index >= 15 is 0 Å². The molecular formula is C16H23NO2. The maximum atomic E-state index is 12.1. The molecule has 3 nitrogen and oxygen atoms in total. The molecule has 0 bridgehead atoms. The van der Waals surface area contributed by atoms with Gasteiger partial charge < -0.3 is 5.32 Å². The molecule has 0 spiro atoms. The van der Waals surface area contributed by atoms with E-state index in [1.807, 2.05) is 34.6 Å². The van der Waals surface area contributed by atoms with Gasteiger partial charge in [-0.3, -0.25) is 9.59 Å². The van der Waals surface area contributed by atoms with Gasteiger partial charge in [0.15, 0.2) is 5.78 Å². The van der Waals surface area contributed by atoms with Gasteiger partial charge in [0.05, 0.1) is 0 Å². The second-order valence-corrected chi connectivity index (χ2v) is 6.30. The van der Waals surface area contributed by atoms with E-state index in [2.05, 4.69) is 5.32 Å². The van der Waals surface area contributed by atoms with Crippen LogP contribution in [0.5, 0.6) is 0 Å². The van der Waals surface area contributed by atoms with Crippen molar-refractivity contribution >= 4 is 17.4 Å². The van der Waals surface area contributed by atoms with Crippen LogP contribution in [0.25, 0.3) is 0 Å². The van der Waals surface area contributed by atoms with Crippen LogP contribution in [0.3, 0.4) is 0 Å². The molecule has 0 saturated carbocycles. The molecule has 104 valence electrons. The van der Waals surface area contributed by atoms with Gasteiger partial charge >= 0.3 is 0 Å².